The number of benzene rings is 2. The molecule has 0 aromatic heterocycles. The van der Waals surface area contributed by atoms with E-state index in [2.05, 4.69) is 22.6 Å². The molecule has 2 rings (SSSR count). The molecule has 0 radical (unpaired) electrons. The second-order valence-corrected chi connectivity index (χ2v) is 5.19. The molecule has 0 saturated heterocycles. The van der Waals surface area contributed by atoms with E-state index in [0.717, 1.165) is 15.7 Å². The number of hydrogen-bond acceptors (Lipinski definition) is 1. The van der Waals surface area contributed by atoms with Crippen LogP contribution in [0.15, 0.2) is 48.5 Å². The number of alkyl halides is 3. The average molecular weight is 378 g/mol. The molecule has 0 amide bonds. The van der Waals surface area contributed by atoms with E-state index in [0.29, 0.717) is 11.3 Å². The summed E-state index contributed by atoms with van der Waals surface area (Å²) in [6, 6.07) is 12.5. The summed E-state index contributed by atoms with van der Waals surface area (Å²) in [5.74, 6) is 0.643. The molecule has 0 spiro atoms. The van der Waals surface area contributed by atoms with E-state index in [4.69, 9.17) is 4.74 Å². The fraction of sp³-hybridized carbons (Fsp3) is 0.143. The maximum Gasteiger partial charge on any atom is 0.416 e. The van der Waals surface area contributed by atoms with Crippen LogP contribution in [0.3, 0.4) is 0 Å². The van der Waals surface area contributed by atoms with Crippen molar-refractivity contribution >= 4 is 22.6 Å². The molecular formula is C14H10F3IO. The van der Waals surface area contributed by atoms with Gasteiger partial charge in [0.05, 0.1) is 5.56 Å². The van der Waals surface area contributed by atoms with Crippen molar-refractivity contribution in [3.05, 3.63) is 63.2 Å². The molecule has 0 heterocycles. The standard InChI is InChI=1S/C14H10F3IO/c15-14(16,17)11-4-1-3-10(7-11)9-19-13-6-2-5-12(18)8-13/h1-8H,9H2. The van der Waals surface area contributed by atoms with Crippen molar-refractivity contribution in [2.45, 2.75) is 12.8 Å². The number of rotatable bonds is 3. The zero-order valence-electron chi connectivity index (χ0n) is 9.75. The van der Waals surface area contributed by atoms with E-state index < -0.39 is 11.7 Å². The van der Waals surface area contributed by atoms with Crippen LogP contribution in [0, 0.1) is 3.57 Å². The Morgan fingerprint density at radius 1 is 1.00 bits per heavy atom. The summed E-state index contributed by atoms with van der Waals surface area (Å²) < 4.78 is 44.1. The molecule has 0 aliphatic heterocycles. The molecule has 5 heteroatoms. The van der Waals surface area contributed by atoms with Gasteiger partial charge in [0, 0.05) is 3.57 Å². The fourth-order valence-electron chi connectivity index (χ4n) is 1.56. The molecule has 19 heavy (non-hydrogen) atoms. The Bertz CT molecular complexity index is 567. The number of ether oxygens (including phenoxy) is 1. The molecule has 0 unspecified atom stereocenters. The van der Waals surface area contributed by atoms with E-state index >= 15 is 0 Å². The molecule has 0 saturated carbocycles. The molecule has 1 nitrogen and oxygen atoms in total. The molecule has 0 fully saturated rings. The number of halogens is 4. The van der Waals surface area contributed by atoms with Gasteiger partial charge < -0.3 is 4.74 Å². The largest absolute Gasteiger partial charge is 0.489 e. The summed E-state index contributed by atoms with van der Waals surface area (Å²) in [4.78, 5) is 0. The maximum absolute atomic E-state index is 12.5. The van der Waals surface area contributed by atoms with Gasteiger partial charge in [-0.3, -0.25) is 0 Å². The summed E-state index contributed by atoms with van der Waals surface area (Å²) in [5, 5.41) is 0. The summed E-state index contributed by atoms with van der Waals surface area (Å²) in [7, 11) is 0. The summed E-state index contributed by atoms with van der Waals surface area (Å²) in [6.07, 6.45) is -4.32. The first-order valence-electron chi connectivity index (χ1n) is 5.50. The van der Waals surface area contributed by atoms with Gasteiger partial charge in [0.1, 0.15) is 12.4 Å². The van der Waals surface area contributed by atoms with Gasteiger partial charge in [0.2, 0.25) is 0 Å². The molecule has 0 aliphatic rings. The van der Waals surface area contributed by atoms with Crippen LogP contribution in [-0.4, -0.2) is 0 Å². The normalized spacial score (nSPS) is 11.4. The van der Waals surface area contributed by atoms with E-state index in [1.54, 1.807) is 12.1 Å². The Hall–Kier alpha value is -1.24. The van der Waals surface area contributed by atoms with Crippen LogP contribution < -0.4 is 4.74 Å². The monoisotopic (exact) mass is 378 g/mol. The van der Waals surface area contributed by atoms with Gasteiger partial charge in [-0.1, -0.05) is 18.2 Å². The smallest absolute Gasteiger partial charge is 0.416 e. The van der Waals surface area contributed by atoms with Gasteiger partial charge >= 0.3 is 6.18 Å². The summed E-state index contributed by atoms with van der Waals surface area (Å²) in [5.41, 5.74) is -0.162. The quantitative estimate of drug-likeness (QED) is 0.692. The Morgan fingerprint density at radius 3 is 2.42 bits per heavy atom. The minimum atomic E-state index is -4.32. The second kappa shape index (κ2) is 5.81. The highest BCUT2D eigenvalue weighted by Gasteiger charge is 2.30. The van der Waals surface area contributed by atoms with Crippen molar-refractivity contribution in [2.24, 2.45) is 0 Å². The topological polar surface area (TPSA) is 9.23 Å². The molecule has 0 bridgehead atoms. The average Bonchev–Trinajstić information content (AvgIpc) is 2.36. The van der Waals surface area contributed by atoms with Crippen molar-refractivity contribution in [3.8, 4) is 5.75 Å². The fourth-order valence-corrected chi connectivity index (χ4v) is 2.08. The Morgan fingerprint density at radius 2 is 1.74 bits per heavy atom. The lowest BCUT2D eigenvalue weighted by Crippen LogP contribution is -2.06. The Labute approximate surface area is 122 Å². The molecular weight excluding hydrogens is 368 g/mol. The van der Waals surface area contributed by atoms with Crippen LogP contribution in [0.4, 0.5) is 13.2 Å². The highest BCUT2D eigenvalue weighted by atomic mass is 127. The van der Waals surface area contributed by atoms with Crippen molar-refractivity contribution in [3.63, 3.8) is 0 Å². The van der Waals surface area contributed by atoms with Crippen molar-refractivity contribution in [2.75, 3.05) is 0 Å². The van der Waals surface area contributed by atoms with E-state index in [1.807, 2.05) is 18.2 Å². The van der Waals surface area contributed by atoms with Gasteiger partial charge in [-0.2, -0.15) is 13.2 Å². The van der Waals surface area contributed by atoms with Crippen LogP contribution >= 0.6 is 22.6 Å². The minimum Gasteiger partial charge on any atom is -0.489 e. The molecule has 0 N–H and O–H groups in total. The third kappa shape index (κ3) is 4.12. The van der Waals surface area contributed by atoms with Crippen LogP contribution in [0.1, 0.15) is 11.1 Å². The van der Waals surface area contributed by atoms with E-state index in [-0.39, 0.29) is 6.61 Å². The Kier molecular flexibility index (Phi) is 4.34. The predicted octanol–water partition coefficient (Wildman–Crippen LogP) is 4.89. The molecule has 0 aliphatic carbocycles. The first kappa shape index (κ1) is 14.2. The lowest BCUT2D eigenvalue weighted by molar-refractivity contribution is -0.137. The van der Waals surface area contributed by atoms with Crippen LogP contribution in [0.2, 0.25) is 0 Å². The molecule has 2 aromatic carbocycles. The van der Waals surface area contributed by atoms with Crippen LogP contribution in [-0.2, 0) is 12.8 Å². The molecule has 0 atom stereocenters. The van der Waals surface area contributed by atoms with Gasteiger partial charge in [0.25, 0.3) is 0 Å². The third-order valence-electron chi connectivity index (χ3n) is 2.46. The highest BCUT2D eigenvalue weighted by molar-refractivity contribution is 14.1. The molecule has 2 aromatic rings. The van der Waals surface area contributed by atoms with Gasteiger partial charge in [0.15, 0.2) is 0 Å². The minimum absolute atomic E-state index is 0.115. The van der Waals surface area contributed by atoms with Crippen molar-refractivity contribution in [1.82, 2.24) is 0 Å². The molecule has 100 valence electrons. The first-order valence-corrected chi connectivity index (χ1v) is 6.57. The Balaban J connectivity index is 2.08. The summed E-state index contributed by atoms with van der Waals surface area (Å²) in [6.45, 7) is 0.115. The third-order valence-corrected chi connectivity index (χ3v) is 3.13. The van der Waals surface area contributed by atoms with Crippen LogP contribution in [0.5, 0.6) is 5.75 Å². The van der Waals surface area contributed by atoms with Gasteiger partial charge in [-0.05, 0) is 58.5 Å². The van der Waals surface area contributed by atoms with Crippen molar-refractivity contribution in [1.29, 1.82) is 0 Å². The van der Waals surface area contributed by atoms with E-state index in [9.17, 15) is 13.2 Å². The van der Waals surface area contributed by atoms with Crippen molar-refractivity contribution < 1.29 is 17.9 Å². The summed E-state index contributed by atoms with van der Waals surface area (Å²) >= 11 is 2.15. The SMILES string of the molecule is FC(F)(F)c1cccc(COc2cccc(I)c2)c1. The number of hydrogen-bond donors (Lipinski definition) is 0. The lowest BCUT2D eigenvalue weighted by Gasteiger charge is -2.10. The second-order valence-electron chi connectivity index (χ2n) is 3.94. The van der Waals surface area contributed by atoms with E-state index in [1.165, 1.54) is 6.07 Å². The van der Waals surface area contributed by atoms with Gasteiger partial charge in [-0.15, -0.1) is 0 Å². The zero-order valence-corrected chi connectivity index (χ0v) is 11.9. The first-order chi connectivity index (χ1) is 8.95. The maximum atomic E-state index is 12.5. The zero-order chi connectivity index (χ0) is 13.9. The lowest BCUT2D eigenvalue weighted by atomic mass is 10.1. The highest BCUT2D eigenvalue weighted by Crippen LogP contribution is 2.29. The van der Waals surface area contributed by atoms with Gasteiger partial charge in [-0.25, -0.2) is 0 Å². The van der Waals surface area contributed by atoms with Crippen LogP contribution in [0.25, 0.3) is 0 Å². The predicted molar refractivity (Wildman–Crippen MR) is 74.9 cm³/mol.